The molecule has 0 aromatic heterocycles. The van der Waals surface area contributed by atoms with Gasteiger partial charge in [-0.1, -0.05) is 64.5 Å². The van der Waals surface area contributed by atoms with Gasteiger partial charge in [0.1, 0.15) is 0 Å². The van der Waals surface area contributed by atoms with Gasteiger partial charge in [-0.3, -0.25) is 0 Å². The van der Waals surface area contributed by atoms with Crippen molar-refractivity contribution in [3.05, 3.63) is 70.2 Å². The molecule has 0 saturated carbocycles. The summed E-state index contributed by atoms with van der Waals surface area (Å²) in [5, 5.41) is 0. The van der Waals surface area contributed by atoms with Crippen molar-refractivity contribution in [1.29, 1.82) is 0 Å². The van der Waals surface area contributed by atoms with Crippen LogP contribution < -0.4 is 5.73 Å². The molecular formula is C18H23BrN2. The third kappa shape index (κ3) is 5.62. The van der Waals surface area contributed by atoms with E-state index in [9.17, 15) is 0 Å². The fraction of sp³-hybridized carbons (Fsp3) is 0.333. The summed E-state index contributed by atoms with van der Waals surface area (Å²) in [4.78, 5) is 2.29. The van der Waals surface area contributed by atoms with Gasteiger partial charge < -0.3 is 10.6 Å². The highest BCUT2D eigenvalue weighted by Crippen LogP contribution is 2.17. The van der Waals surface area contributed by atoms with Crippen LogP contribution >= 0.6 is 15.9 Å². The molecule has 0 amide bonds. The molecule has 0 radical (unpaired) electrons. The van der Waals surface area contributed by atoms with Crippen molar-refractivity contribution >= 4 is 15.9 Å². The second-order valence-electron chi connectivity index (χ2n) is 5.57. The predicted octanol–water partition coefficient (Wildman–Crippen LogP) is 3.84. The maximum absolute atomic E-state index is 6.26. The van der Waals surface area contributed by atoms with Crippen LogP contribution in [0.4, 0.5) is 0 Å². The van der Waals surface area contributed by atoms with Gasteiger partial charge in [0.2, 0.25) is 0 Å². The molecule has 2 N–H and O–H groups in total. The van der Waals surface area contributed by atoms with Gasteiger partial charge in [-0.15, -0.1) is 0 Å². The Bertz CT molecular complexity index is 542. The van der Waals surface area contributed by atoms with E-state index in [1.165, 1.54) is 11.1 Å². The number of hydrogen-bond acceptors (Lipinski definition) is 2. The van der Waals surface area contributed by atoms with Crippen LogP contribution in [-0.4, -0.2) is 24.5 Å². The molecule has 3 heteroatoms. The van der Waals surface area contributed by atoms with Crippen LogP contribution in [0.5, 0.6) is 0 Å². The number of rotatable bonds is 7. The van der Waals surface area contributed by atoms with Gasteiger partial charge >= 0.3 is 0 Å². The third-order valence-electron chi connectivity index (χ3n) is 3.59. The van der Waals surface area contributed by atoms with E-state index in [1.54, 1.807) is 0 Å². The third-order valence-corrected chi connectivity index (χ3v) is 4.36. The van der Waals surface area contributed by atoms with Gasteiger partial charge in [0.25, 0.3) is 0 Å². The van der Waals surface area contributed by atoms with Crippen molar-refractivity contribution < 1.29 is 0 Å². The quantitative estimate of drug-likeness (QED) is 0.825. The Hall–Kier alpha value is -1.16. The summed E-state index contributed by atoms with van der Waals surface area (Å²) in [7, 11) is 2.13. The van der Waals surface area contributed by atoms with E-state index in [0.717, 1.165) is 30.4 Å². The smallest absolute Gasteiger partial charge is 0.0242 e. The summed E-state index contributed by atoms with van der Waals surface area (Å²) < 4.78 is 1.16. The Morgan fingerprint density at radius 1 is 1.05 bits per heavy atom. The number of likely N-dealkylation sites (N-methyl/N-ethyl adjacent to an activating group) is 1. The van der Waals surface area contributed by atoms with Crippen LogP contribution in [0.2, 0.25) is 0 Å². The Kier molecular flexibility index (Phi) is 6.43. The van der Waals surface area contributed by atoms with Gasteiger partial charge in [-0.2, -0.15) is 0 Å². The molecule has 21 heavy (non-hydrogen) atoms. The lowest BCUT2D eigenvalue weighted by atomic mass is 10.1. The molecule has 1 atom stereocenters. The minimum Gasteiger partial charge on any atom is -0.327 e. The highest BCUT2D eigenvalue weighted by molar-refractivity contribution is 9.10. The number of halogens is 1. The number of benzene rings is 2. The van der Waals surface area contributed by atoms with E-state index < -0.39 is 0 Å². The highest BCUT2D eigenvalue weighted by Gasteiger charge is 2.09. The molecule has 0 spiro atoms. The first kappa shape index (κ1) is 16.2. The van der Waals surface area contributed by atoms with Crippen molar-refractivity contribution in [2.75, 3.05) is 13.6 Å². The molecule has 0 aliphatic rings. The molecule has 0 bridgehead atoms. The van der Waals surface area contributed by atoms with Gasteiger partial charge in [0.05, 0.1) is 0 Å². The van der Waals surface area contributed by atoms with Crippen LogP contribution in [0.15, 0.2) is 59.1 Å². The Morgan fingerprint density at radius 3 is 2.43 bits per heavy atom. The fourth-order valence-corrected chi connectivity index (χ4v) is 2.88. The minimum atomic E-state index is 0.206. The van der Waals surface area contributed by atoms with Gasteiger partial charge in [0, 0.05) is 23.6 Å². The molecule has 0 aliphatic carbocycles. The van der Waals surface area contributed by atoms with Gasteiger partial charge in [0.15, 0.2) is 0 Å². The summed E-state index contributed by atoms with van der Waals surface area (Å²) in [5.74, 6) is 0. The molecule has 0 saturated heterocycles. The first-order chi connectivity index (χ1) is 10.1. The average Bonchev–Trinajstić information content (AvgIpc) is 2.48. The van der Waals surface area contributed by atoms with E-state index >= 15 is 0 Å². The lowest BCUT2D eigenvalue weighted by Gasteiger charge is -2.22. The topological polar surface area (TPSA) is 29.3 Å². The SMILES string of the molecule is CN(Cc1ccccc1Br)CC(N)CCc1ccccc1. The molecule has 0 fully saturated rings. The summed E-state index contributed by atoms with van der Waals surface area (Å²) >= 11 is 3.59. The highest BCUT2D eigenvalue weighted by atomic mass is 79.9. The van der Waals surface area contributed by atoms with E-state index in [1.807, 2.05) is 6.07 Å². The van der Waals surface area contributed by atoms with Crippen LogP contribution in [0, 0.1) is 0 Å². The maximum atomic E-state index is 6.26. The monoisotopic (exact) mass is 346 g/mol. The maximum Gasteiger partial charge on any atom is 0.0242 e. The zero-order valence-electron chi connectivity index (χ0n) is 12.5. The van der Waals surface area contributed by atoms with Crippen LogP contribution in [0.1, 0.15) is 17.5 Å². The van der Waals surface area contributed by atoms with Crippen molar-refractivity contribution in [2.45, 2.75) is 25.4 Å². The average molecular weight is 347 g/mol. The molecule has 2 aromatic carbocycles. The zero-order chi connectivity index (χ0) is 15.1. The molecular weight excluding hydrogens is 324 g/mol. The number of nitrogens with two attached hydrogens (primary N) is 1. The van der Waals surface area contributed by atoms with Gasteiger partial charge in [-0.05, 0) is 37.1 Å². The normalized spacial score (nSPS) is 12.6. The molecule has 1 unspecified atom stereocenters. The molecule has 2 nitrogen and oxygen atoms in total. The minimum absolute atomic E-state index is 0.206. The molecule has 112 valence electrons. The summed E-state index contributed by atoms with van der Waals surface area (Å²) in [5.41, 5.74) is 8.92. The van der Waals surface area contributed by atoms with Gasteiger partial charge in [-0.25, -0.2) is 0 Å². The number of nitrogens with zero attached hydrogens (tertiary/aromatic N) is 1. The second-order valence-corrected chi connectivity index (χ2v) is 6.43. The molecule has 2 aromatic rings. The van der Waals surface area contributed by atoms with E-state index in [0.29, 0.717) is 0 Å². The summed E-state index contributed by atoms with van der Waals surface area (Å²) in [6.07, 6.45) is 2.06. The van der Waals surface area contributed by atoms with Crippen molar-refractivity contribution in [2.24, 2.45) is 5.73 Å². The summed E-state index contributed by atoms with van der Waals surface area (Å²) in [6, 6.07) is 19.1. The molecule has 0 heterocycles. The van der Waals surface area contributed by atoms with Crippen LogP contribution in [-0.2, 0) is 13.0 Å². The van der Waals surface area contributed by atoms with E-state index in [2.05, 4.69) is 76.4 Å². The lowest BCUT2D eigenvalue weighted by molar-refractivity contribution is 0.297. The molecule has 0 aliphatic heterocycles. The number of aryl methyl sites for hydroxylation is 1. The Balaban J connectivity index is 1.77. The second kappa shape index (κ2) is 8.32. The van der Waals surface area contributed by atoms with Crippen LogP contribution in [0.3, 0.4) is 0 Å². The molecule has 2 rings (SSSR count). The largest absolute Gasteiger partial charge is 0.327 e. The summed E-state index contributed by atoms with van der Waals surface area (Å²) in [6.45, 7) is 1.83. The van der Waals surface area contributed by atoms with E-state index in [4.69, 9.17) is 5.73 Å². The predicted molar refractivity (Wildman–Crippen MR) is 93.2 cm³/mol. The first-order valence-corrected chi connectivity index (χ1v) is 8.16. The van der Waals surface area contributed by atoms with Crippen molar-refractivity contribution in [1.82, 2.24) is 4.90 Å². The standard InChI is InChI=1S/C18H23BrN2/c1-21(13-16-9-5-6-10-18(16)19)14-17(20)12-11-15-7-3-2-4-8-15/h2-10,17H,11-14,20H2,1H3. The van der Waals surface area contributed by atoms with Crippen LogP contribution in [0.25, 0.3) is 0 Å². The fourth-order valence-electron chi connectivity index (χ4n) is 2.47. The first-order valence-electron chi connectivity index (χ1n) is 7.36. The Morgan fingerprint density at radius 2 is 1.71 bits per heavy atom. The van der Waals surface area contributed by atoms with Crippen molar-refractivity contribution in [3.63, 3.8) is 0 Å². The lowest BCUT2D eigenvalue weighted by Crippen LogP contribution is -2.35. The van der Waals surface area contributed by atoms with E-state index in [-0.39, 0.29) is 6.04 Å². The Labute approximate surface area is 136 Å². The van der Waals surface area contributed by atoms with Crippen molar-refractivity contribution in [3.8, 4) is 0 Å². The number of hydrogen-bond donors (Lipinski definition) is 1. The zero-order valence-corrected chi connectivity index (χ0v) is 14.1.